The van der Waals surface area contributed by atoms with Crippen LogP contribution in [0.3, 0.4) is 0 Å². The molecule has 288 valence electrons. The predicted molar refractivity (Wildman–Crippen MR) is 256 cm³/mol. The van der Waals surface area contributed by atoms with E-state index in [-0.39, 0.29) is 6.04 Å². The molecule has 2 atom stereocenters. The molecule has 2 aliphatic rings. The summed E-state index contributed by atoms with van der Waals surface area (Å²) in [7, 11) is 0. The highest BCUT2D eigenvalue weighted by Crippen LogP contribution is 2.50. The Hall–Kier alpha value is -7.88. The van der Waals surface area contributed by atoms with Crippen molar-refractivity contribution in [2.75, 3.05) is 9.80 Å². The minimum absolute atomic E-state index is 0.193. The van der Waals surface area contributed by atoms with E-state index in [4.69, 9.17) is 4.42 Å². The SMILES string of the molecule is C1=CC2c3ccccc3N(c3cccc(N(c4cccc(-c5ccc6c(c5)oc5ccccc56)c4)c4cc(-c5ccc6ccccc6c5)ccc4-c4ccccc4)c3)C2C=C1. The van der Waals surface area contributed by atoms with Gasteiger partial charge in [0.05, 0.1) is 11.7 Å². The second kappa shape index (κ2) is 14.4. The Labute approximate surface area is 355 Å². The first-order chi connectivity index (χ1) is 30.2. The van der Waals surface area contributed by atoms with Gasteiger partial charge in [-0.05, 0) is 111 Å². The van der Waals surface area contributed by atoms with E-state index in [2.05, 4.69) is 228 Å². The Morgan fingerprint density at radius 2 is 1.10 bits per heavy atom. The van der Waals surface area contributed by atoms with Crippen LogP contribution in [0.15, 0.2) is 235 Å². The third kappa shape index (κ3) is 6.05. The van der Waals surface area contributed by atoms with Crippen LogP contribution < -0.4 is 9.80 Å². The average molecular weight is 781 g/mol. The number of rotatable bonds is 7. The lowest BCUT2D eigenvalue weighted by Gasteiger charge is -2.32. The molecule has 0 radical (unpaired) electrons. The Morgan fingerprint density at radius 3 is 2.03 bits per heavy atom. The molecule has 0 bridgehead atoms. The van der Waals surface area contributed by atoms with Gasteiger partial charge in [0.1, 0.15) is 11.2 Å². The van der Waals surface area contributed by atoms with Crippen LogP contribution in [0.25, 0.3) is 66.1 Å². The minimum Gasteiger partial charge on any atom is -0.456 e. The molecule has 1 aliphatic heterocycles. The lowest BCUT2D eigenvalue weighted by Crippen LogP contribution is -2.28. The fourth-order valence-corrected chi connectivity index (χ4v) is 9.66. The Kier molecular flexibility index (Phi) is 8.31. The van der Waals surface area contributed by atoms with E-state index in [0.29, 0.717) is 5.92 Å². The highest BCUT2D eigenvalue weighted by molar-refractivity contribution is 6.06. The van der Waals surface area contributed by atoms with E-state index < -0.39 is 0 Å². The van der Waals surface area contributed by atoms with Gasteiger partial charge in [-0.3, -0.25) is 0 Å². The molecule has 9 aromatic carbocycles. The first-order valence-corrected chi connectivity index (χ1v) is 21.1. The number of hydrogen-bond donors (Lipinski definition) is 0. The lowest BCUT2D eigenvalue weighted by atomic mass is 9.91. The van der Waals surface area contributed by atoms with Crippen LogP contribution in [-0.4, -0.2) is 6.04 Å². The van der Waals surface area contributed by atoms with Gasteiger partial charge >= 0.3 is 0 Å². The van der Waals surface area contributed by atoms with Gasteiger partial charge in [0.2, 0.25) is 0 Å². The Bertz CT molecular complexity index is 3360. The molecule has 0 N–H and O–H groups in total. The van der Waals surface area contributed by atoms with Crippen molar-refractivity contribution >= 4 is 61.1 Å². The summed E-state index contributed by atoms with van der Waals surface area (Å²) in [6, 6.07) is 75.1. The molecule has 10 aromatic rings. The summed E-state index contributed by atoms with van der Waals surface area (Å²) in [5.74, 6) is 0.296. The summed E-state index contributed by atoms with van der Waals surface area (Å²) < 4.78 is 6.38. The van der Waals surface area contributed by atoms with Crippen molar-refractivity contribution in [3.63, 3.8) is 0 Å². The van der Waals surface area contributed by atoms with Crippen molar-refractivity contribution in [2.45, 2.75) is 12.0 Å². The van der Waals surface area contributed by atoms with Crippen LogP contribution in [0, 0.1) is 0 Å². The van der Waals surface area contributed by atoms with Crippen molar-refractivity contribution in [1.29, 1.82) is 0 Å². The second-order valence-electron chi connectivity index (χ2n) is 16.1. The molecule has 61 heavy (non-hydrogen) atoms. The highest BCUT2D eigenvalue weighted by Gasteiger charge is 2.37. The summed E-state index contributed by atoms with van der Waals surface area (Å²) in [6.45, 7) is 0. The summed E-state index contributed by atoms with van der Waals surface area (Å²) in [6.07, 6.45) is 9.07. The molecular formula is C58H40N2O. The van der Waals surface area contributed by atoms with Crippen molar-refractivity contribution in [1.82, 2.24) is 0 Å². The molecule has 2 unspecified atom stereocenters. The van der Waals surface area contributed by atoms with E-state index in [1.165, 1.54) is 27.6 Å². The first kappa shape index (κ1) is 35.1. The number of benzene rings is 9. The van der Waals surface area contributed by atoms with Crippen LogP contribution >= 0.6 is 0 Å². The average Bonchev–Trinajstić information content (AvgIpc) is 3.87. The molecule has 1 aromatic heterocycles. The largest absolute Gasteiger partial charge is 0.456 e. The smallest absolute Gasteiger partial charge is 0.136 e. The maximum Gasteiger partial charge on any atom is 0.136 e. The number of para-hydroxylation sites is 2. The van der Waals surface area contributed by atoms with Crippen molar-refractivity contribution < 1.29 is 4.42 Å². The first-order valence-electron chi connectivity index (χ1n) is 21.1. The van der Waals surface area contributed by atoms with Gasteiger partial charge < -0.3 is 14.2 Å². The van der Waals surface area contributed by atoms with Gasteiger partial charge in [-0.1, -0.05) is 164 Å². The van der Waals surface area contributed by atoms with E-state index >= 15 is 0 Å². The Morgan fingerprint density at radius 1 is 0.426 bits per heavy atom. The quantitative estimate of drug-likeness (QED) is 0.161. The zero-order valence-corrected chi connectivity index (χ0v) is 33.4. The number of hydrogen-bond acceptors (Lipinski definition) is 3. The number of furan rings is 1. The standard InChI is InChI=1S/C58H40N2O/c1-2-15-40(16-3-1)49-32-30-44(43-29-28-39-14-4-5-17-41(39)34-43)36-56(49)59(46-19-12-18-42(35-46)45-31-33-53-52-24-8-11-27-57(52)61-58(53)37-45)47-20-13-21-48(38-47)60-54-25-9-6-22-50(54)51-23-7-10-26-55(51)60/h1-38,50,54H. The monoisotopic (exact) mass is 780 g/mol. The van der Waals surface area contributed by atoms with E-state index in [9.17, 15) is 0 Å². The number of fused-ring (bicyclic) bond motifs is 7. The molecule has 0 fully saturated rings. The fourth-order valence-electron chi connectivity index (χ4n) is 9.66. The zero-order chi connectivity index (χ0) is 40.3. The topological polar surface area (TPSA) is 19.6 Å². The third-order valence-corrected chi connectivity index (χ3v) is 12.5. The van der Waals surface area contributed by atoms with Crippen LogP contribution in [0.1, 0.15) is 11.5 Å². The van der Waals surface area contributed by atoms with Crippen LogP contribution in [-0.2, 0) is 0 Å². The number of anilines is 5. The molecular weight excluding hydrogens is 741 g/mol. The van der Waals surface area contributed by atoms with E-state index in [0.717, 1.165) is 72.5 Å². The Balaban J connectivity index is 1.07. The molecule has 3 heteroatoms. The van der Waals surface area contributed by atoms with Crippen LogP contribution in [0.4, 0.5) is 28.4 Å². The maximum absolute atomic E-state index is 6.38. The van der Waals surface area contributed by atoms with Gasteiger partial charge in [0.15, 0.2) is 0 Å². The highest BCUT2D eigenvalue weighted by atomic mass is 16.3. The molecule has 0 saturated heterocycles. The second-order valence-corrected chi connectivity index (χ2v) is 16.1. The number of allylic oxidation sites excluding steroid dienone is 2. The van der Waals surface area contributed by atoms with E-state index in [1.807, 2.05) is 12.1 Å². The van der Waals surface area contributed by atoms with Crippen LogP contribution in [0.5, 0.6) is 0 Å². The molecule has 0 saturated carbocycles. The van der Waals surface area contributed by atoms with Crippen molar-refractivity contribution in [2.24, 2.45) is 0 Å². The summed E-state index contributed by atoms with van der Waals surface area (Å²) in [4.78, 5) is 4.97. The van der Waals surface area contributed by atoms with Crippen LogP contribution in [0.2, 0.25) is 0 Å². The number of nitrogens with zero attached hydrogens (tertiary/aromatic N) is 2. The lowest BCUT2D eigenvalue weighted by molar-refractivity contribution is 0.669. The van der Waals surface area contributed by atoms with E-state index in [1.54, 1.807) is 0 Å². The molecule has 0 amide bonds. The van der Waals surface area contributed by atoms with Crippen molar-refractivity contribution in [3.8, 4) is 33.4 Å². The third-order valence-electron chi connectivity index (χ3n) is 12.5. The molecule has 3 nitrogen and oxygen atoms in total. The van der Waals surface area contributed by atoms with Crippen molar-refractivity contribution in [3.05, 3.63) is 236 Å². The van der Waals surface area contributed by atoms with Gasteiger partial charge in [0.25, 0.3) is 0 Å². The molecule has 1 aliphatic carbocycles. The molecule has 0 spiro atoms. The molecule has 12 rings (SSSR count). The maximum atomic E-state index is 6.38. The molecule has 2 heterocycles. The minimum atomic E-state index is 0.193. The summed E-state index contributed by atoms with van der Waals surface area (Å²) in [5.41, 5.74) is 15.7. The van der Waals surface area contributed by atoms with Gasteiger partial charge in [-0.25, -0.2) is 0 Å². The zero-order valence-electron chi connectivity index (χ0n) is 33.4. The normalized spacial score (nSPS) is 15.4. The van der Waals surface area contributed by atoms with Gasteiger partial charge in [-0.15, -0.1) is 0 Å². The fraction of sp³-hybridized carbons (Fsp3) is 0.0345. The predicted octanol–water partition coefficient (Wildman–Crippen LogP) is 15.9. The van der Waals surface area contributed by atoms with Gasteiger partial charge in [-0.2, -0.15) is 0 Å². The van der Waals surface area contributed by atoms with Gasteiger partial charge in [0, 0.05) is 45.0 Å². The summed E-state index contributed by atoms with van der Waals surface area (Å²) in [5, 5.41) is 4.72. The summed E-state index contributed by atoms with van der Waals surface area (Å²) >= 11 is 0.